The summed E-state index contributed by atoms with van der Waals surface area (Å²) in [5, 5.41) is 0. The molecule has 0 amide bonds. The maximum Gasteiger partial charge on any atom is 0.508 e. The van der Waals surface area contributed by atoms with Crippen molar-refractivity contribution >= 4 is 6.16 Å². The molecule has 0 aliphatic rings. The predicted molar refractivity (Wildman–Crippen MR) is 68.6 cm³/mol. The summed E-state index contributed by atoms with van der Waals surface area (Å²) in [7, 11) is 1.58. The van der Waals surface area contributed by atoms with Crippen LogP contribution in [0.15, 0.2) is 24.3 Å². The molecule has 1 aromatic rings. The Morgan fingerprint density at radius 1 is 1.17 bits per heavy atom. The maximum absolute atomic E-state index is 11.4. The van der Waals surface area contributed by atoms with E-state index in [-0.39, 0.29) is 12.0 Å². The van der Waals surface area contributed by atoms with Crippen LogP contribution < -0.4 is 4.74 Å². The second-order valence-corrected chi connectivity index (χ2v) is 5.20. The second kappa shape index (κ2) is 6.28. The molecule has 0 aliphatic heterocycles. The predicted octanol–water partition coefficient (Wildman–Crippen LogP) is 3.39. The first kappa shape index (κ1) is 14.4. The second-order valence-electron chi connectivity index (χ2n) is 5.20. The zero-order chi connectivity index (χ0) is 13.6. The van der Waals surface area contributed by atoms with Gasteiger partial charge in [-0.25, -0.2) is 4.79 Å². The summed E-state index contributed by atoms with van der Waals surface area (Å²) in [4.78, 5) is 11.4. The molecule has 4 heteroatoms. The van der Waals surface area contributed by atoms with E-state index in [1.807, 2.05) is 45.0 Å². The Balaban J connectivity index is 2.43. The number of hydrogen-bond acceptors (Lipinski definition) is 4. The van der Waals surface area contributed by atoms with E-state index in [4.69, 9.17) is 14.2 Å². The monoisotopic (exact) mass is 252 g/mol. The number of ether oxygens (including phenoxy) is 3. The Bertz CT molecular complexity index is 393. The fourth-order valence-corrected chi connectivity index (χ4v) is 1.28. The third-order valence-electron chi connectivity index (χ3n) is 2.16. The van der Waals surface area contributed by atoms with Crippen molar-refractivity contribution in [1.29, 1.82) is 0 Å². The molecule has 0 aliphatic carbocycles. The number of carbonyl (C=O) groups is 1. The van der Waals surface area contributed by atoms with Gasteiger partial charge < -0.3 is 14.2 Å². The summed E-state index contributed by atoms with van der Waals surface area (Å²) in [6, 6.07) is 7.39. The van der Waals surface area contributed by atoms with Crippen LogP contribution in [0.2, 0.25) is 0 Å². The molecule has 100 valence electrons. The van der Waals surface area contributed by atoms with Crippen LogP contribution in [0, 0.1) is 5.41 Å². The van der Waals surface area contributed by atoms with Crippen molar-refractivity contribution in [1.82, 2.24) is 0 Å². The molecule has 0 heterocycles. The lowest BCUT2D eigenvalue weighted by atomic mass is 9.99. The van der Waals surface area contributed by atoms with E-state index in [0.717, 1.165) is 5.56 Å². The van der Waals surface area contributed by atoms with Crippen LogP contribution >= 0.6 is 0 Å². The summed E-state index contributed by atoms with van der Waals surface area (Å²) in [5.74, 6) is 0.695. The standard InChI is InChI=1S/C14H20O4/c1-14(2,3)10-18-13(15)17-9-11-7-5-6-8-12(11)16-4/h5-8H,9-10H2,1-4H3. The van der Waals surface area contributed by atoms with Crippen LogP contribution in [-0.2, 0) is 16.1 Å². The smallest absolute Gasteiger partial charge is 0.496 e. The zero-order valence-corrected chi connectivity index (χ0v) is 11.4. The normalized spacial score (nSPS) is 10.9. The number of rotatable bonds is 4. The van der Waals surface area contributed by atoms with Gasteiger partial charge in [0.15, 0.2) is 0 Å². The van der Waals surface area contributed by atoms with Crippen LogP contribution in [0.3, 0.4) is 0 Å². The number of hydrogen-bond donors (Lipinski definition) is 0. The van der Waals surface area contributed by atoms with Crippen molar-refractivity contribution in [2.24, 2.45) is 5.41 Å². The minimum atomic E-state index is -0.657. The van der Waals surface area contributed by atoms with Gasteiger partial charge in [0.2, 0.25) is 0 Å². The highest BCUT2D eigenvalue weighted by atomic mass is 16.7. The van der Waals surface area contributed by atoms with Gasteiger partial charge in [-0.05, 0) is 11.5 Å². The first-order chi connectivity index (χ1) is 8.42. The minimum Gasteiger partial charge on any atom is -0.496 e. The molecule has 0 saturated carbocycles. The molecule has 0 saturated heterocycles. The lowest BCUT2D eigenvalue weighted by molar-refractivity contribution is 0.0284. The Morgan fingerprint density at radius 2 is 1.83 bits per heavy atom. The molecular weight excluding hydrogens is 232 g/mol. The quantitative estimate of drug-likeness (QED) is 0.770. The molecule has 0 unspecified atom stereocenters. The van der Waals surface area contributed by atoms with Gasteiger partial charge in [-0.3, -0.25) is 0 Å². The maximum atomic E-state index is 11.4. The van der Waals surface area contributed by atoms with Crippen molar-refractivity contribution in [2.75, 3.05) is 13.7 Å². The van der Waals surface area contributed by atoms with E-state index < -0.39 is 6.16 Å². The van der Waals surface area contributed by atoms with Crippen LogP contribution in [0.4, 0.5) is 4.79 Å². The van der Waals surface area contributed by atoms with E-state index >= 15 is 0 Å². The third kappa shape index (κ3) is 5.08. The zero-order valence-electron chi connectivity index (χ0n) is 11.4. The minimum absolute atomic E-state index is 0.0660. The Hall–Kier alpha value is -1.71. The van der Waals surface area contributed by atoms with E-state index in [2.05, 4.69) is 0 Å². The van der Waals surface area contributed by atoms with Crippen LogP contribution in [-0.4, -0.2) is 19.9 Å². The molecule has 18 heavy (non-hydrogen) atoms. The Morgan fingerprint density at radius 3 is 2.44 bits per heavy atom. The third-order valence-corrected chi connectivity index (χ3v) is 2.16. The molecule has 0 radical (unpaired) electrons. The number of methoxy groups -OCH3 is 1. The first-order valence-corrected chi connectivity index (χ1v) is 5.84. The Kier molecular flexibility index (Phi) is 5.01. The number of carbonyl (C=O) groups excluding carboxylic acids is 1. The van der Waals surface area contributed by atoms with Gasteiger partial charge in [-0.15, -0.1) is 0 Å². The van der Waals surface area contributed by atoms with Gasteiger partial charge >= 0.3 is 6.16 Å². The van der Waals surface area contributed by atoms with Crippen molar-refractivity contribution < 1.29 is 19.0 Å². The van der Waals surface area contributed by atoms with E-state index in [9.17, 15) is 4.79 Å². The van der Waals surface area contributed by atoms with Gasteiger partial charge in [0, 0.05) is 5.56 Å². The topological polar surface area (TPSA) is 44.8 Å². The summed E-state index contributed by atoms with van der Waals surface area (Å²) in [6.45, 7) is 6.44. The first-order valence-electron chi connectivity index (χ1n) is 5.84. The van der Waals surface area contributed by atoms with Crippen molar-refractivity contribution in [3.63, 3.8) is 0 Å². The molecule has 0 bridgehead atoms. The SMILES string of the molecule is COc1ccccc1COC(=O)OCC(C)(C)C. The average molecular weight is 252 g/mol. The van der Waals surface area contributed by atoms with Gasteiger partial charge in [-0.2, -0.15) is 0 Å². The van der Waals surface area contributed by atoms with Crippen LogP contribution in [0.5, 0.6) is 5.75 Å². The van der Waals surface area contributed by atoms with Crippen molar-refractivity contribution in [3.05, 3.63) is 29.8 Å². The molecule has 0 fully saturated rings. The highest BCUT2D eigenvalue weighted by Crippen LogP contribution is 2.18. The fourth-order valence-electron chi connectivity index (χ4n) is 1.28. The van der Waals surface area contributed by atoms with Gasteiger partial charge in [0.25, 0.3) is 0 Å². The van der Waals surface area contributed by atoms with E-state index in [1.165, 1.54) is 0 Å². The van der Waals surface area contributed by atoms with Gasteiger partial charge in [0.05, 0.1) is 13.7 Å². The molecule has 0 aromatic heterocycles. The van der Waals surface area contributed by atoms with Crippen LogP contribution in [0.25, 0.3) is 0 Å². The molecular formula is C14H20O4. The average Bonchev–Trinajstić information content (AvgIpc) is 2.33. The number of para-hydroxylation sites is 1. The highest BCUT2D eigenvalue weighted by Gasteiger charge is 2.15. The summed E-state index contributed by atoms with van der Waals surface area (Å²) in [5.41, 5.74) is 0.747. The summed E-state index contributed by atoms with van der Waals surface area (Å²) < 4.78 is 15.2. The molecule has 4 nitrogen and oxygen atoms in total. The van der Waals surface area contributed by atoms with E-state index in [0.29, 0.717) is 12.4 Å². The molecule has 0 spiro atoms. The largest absolute Gasteiger partial charge is 0.508 e. The molecule has 0 N–H and O–H groups in total. The van der Waals surface area contributed by atoms with Crippen molar-refractivity contribution in [2.45, 2.75) is 27.4 Å². The fraction of sp³-hybridized carbons (Fsp3) is 0.500. The Labute approximate surface area is 108 Å². The summed E-state index contributed by atoms with van der Waals surface area (Å²) >= 11 is 0. The lowest BCUT2D eigenvalue weighted by Gasteiger charge is -2.17. The van der Waals surface area contributed by atoms with Gasteiger partial charge in [0.1, 0.15) is 12.4 Å². The number of benzene rings is 1. The highest BCUT2D eigenvalue weighted by molar-refractivity contribution is 5.60. The van der Waals surface area contributed by atoms with Gasteiger partial charge in [-0.1, -0.05) is 39.0 Å². The summed E-state index contributed by atoms with van der Waals surface area (Å²) in [6.07, 6.45) is -0.657. The van der Waals surface area contributed by atoms with Crippen LogP contribution in [0.1, 0.15) is 26.3 Å². The molecule has 1 rings (SSSR count). The van der Waals surface area contributed by atoms with E-state index in [1.54, 1.807) is 7.11 Å². The lowest BCUT2D eigenvalue weighted by Crippen LogP contribution is -2.19. The molecule has 0 atom stereocenters. The molecule has 1 aromatic carbocycles. The van der Waals surface area contributed by atoms with Crippen molar-refractivity contribution in [3.8, 4) is 5.75 Å².